The number of carbonyl (C=O) groups is 1. The lowest BCUT2D eigenvalue weighted by molar-refractivity contribution is -0.139. The highest BCUT2D eigenvalue weighted by molar-refractivity contribution is 5.68. The maximum Gasteiger partial charge on any atom is 0.303 e. The van der Waals surface area contributed by atoms with E-state index in [1.807, 2.05) is 0 Å². The van der Waals surface area contributed by atoms with Crippen molar-refractivity contribution < 1.29 is 14.3 Å². The van der Waals surface area contributed by atoms with Crippen LogP contribution in [0.2, 0.25) is 0 Å². The van der Waals surface area contributed by atoms with Crippen molar-refractivity contribution in [2.45, 2.75) is 6.92 Å². The normalized spacial score (nSPS) is 7.57. The fourth-order valence-corrected chi connectivity index (χ4v) is 0.131. The summed E-state index contributed by atoms with van der Waals surface area (Å²) in [7, 11) is 0. The van der Waals surface area contributed by atoms with Crippen LogP contribution in [0.15, 0.2) is 0 Å². The van der Waals surface area contributed by atoms with Gasteiger partial charge in [-0.3, -0.25) is 9.59 Å². The second-order valence-corrected chi connectivity index (χ2v) is 0.925. The summed E-state index contributed by atoms with van der Waals surface area (Å²) >= 11 is 0. The molecular weight excluding hydrogens is 96.0 g/mol. The van der Waals surface area contributed by atoms with Crippen LogP contribution in [-0.4, -0.2) is 18.9 Å². The molecule has 39 valence electrons. The molecule has 3 heteroatoms. The lowest BCUT2D eigenvalue weighted by Crippen LogP contribution is -2.00. The molecule has 0 aliphatic heterocycles. The van der Waals surface area contributed by atoms with Crippen molar-refractivity contribution in [2.75, 3.05) is 6.61 Å². The van der Waals surface area contributed by atoms with Crippen molar-refractivity contribution in [1.29, 1.82) is 0 Å². The van der Waals surface area contributed by atoms with Gasteiger partial charge in [-0.1, -0.05) is 0 Å². The largest absolute Gasteiger partial charge is 0.457 e. The minimum Gasteiger partial charge on any atom is -0.457 e. The lowest BCUT2D eigenvalue weighted by Gasteiger charge is -1.88. The van der Waals surface area contributed by atoms with E-state index in [2.05, 4.69) is 4.74 Å². The molecule has 0 aromatic carbocycles. The first-order chi connectivity index (χ1) is 3.27. The van der Waals surface area contributed by atoms with Crippen molar-refractivity contribution in [3.63, 3.8) is 0 Å². The minimum atomic E-state index is -0.455. The summed E-state index contributed by atoms with van der Waals surface area (Å²) in [6.07, 6.45) is 1.41. The standard InChI is InChI=1S/C4H5O3/c1-4(6)7-3-2-5/h3H2,1H3. The van der Waals surface area contributed by atoms with E-state index in [4.69, 9.17) is 0 Å². The quantitative estimate of drug-likeness (QED) is 0.447. The first-order valence-electron chi connectivity index (χ1n) is 1.75. The summed E-state index contributed by atoms with van der Waals surface area (Å²) in [6, 6.07) is 0. The first-order valence-corrected chi connectivity index (χ1v) is 1.75. The molecular formula is C4H5O3. The molecule has 7 heavy (non-hydrogen) atoms. The Bertz CT molecular complexity index is 77.0. The van der Waals surface area contributed by atoms with Crippen LogP contribution in [0.4, 0.5) is 0 Å². The van der Waals surface area contributed by atoms with E-state index >= 15 is 0 Å². The molecule has 0 atom stereocenters. The van der Waals surface area contributed by atoms with E-state index in [1.165, 1.54) is 13.2 Å². The van der Waals surface area contributed by atoms with Crippen molar-refractivity contribution in [1.82, 2.24) is 0 Å². The molecule has 0 aromatic heterocycles. The molecule has 0 aliphatic rings. The molecule has 0 fully saturated rings. The molecule has 3 nitrogen and oxygen atoms in total. The molecule has 0 saturated heterocycles. The maximum absolute atomic E-state index is 9.80. The predicted octanol–water partition coefficient (Wildman–Crippen LogP) is -0.341. The Morgan fingerprint density at radius 1 is 1.86 bits per heavy atom. The van der Waals surface area contributed by atoms with E-state index in [9.17, 15) is 9.59 Å². The van der Waals surface area contributed by atoms with Crippen LogP contribution in [0.5, 0.6) is 0 Å². The van der Waals surface area contributed by atoms with Gasteiger partial charge in [-0.05, 0) is 0 Å². The zero-order valence-corrected chi connectivity index (χ0v) is 3.93. The van der Waals surface area contributed by atoms with Gasteiger partial charge in [-0.15, -0.1) is 0 Å². The van der Waals surface area contributed by atoms with Gasteiger partial charge in [0.15, 0.2) is 6.61 Å². The van der Waals surface area contributed by atoms with Gasteiger partial charge in [-0.2, -0.15) is 0 Å². The van der Waals surface area contributed by atoms with Gasteiger partial charge in [0, 0.05) is 6.92 Å². The fraction of sp³-hybridized carbons (Fsp3) is 0.500. The van der Waals surface area contributed by atoms with Gasteiger partial charge in [-0.25, -0.2) is 0 Å². The lowest BCUT2D eigenvalue weighted by atomic mass is 10.8. The molecule has 0 spiro atoms. The smallest absolute Gasteiger partial charge is 0.303 e. The van der Waals surface area contributed by atoms with E-state index in [-0.39, 0.29) is 6.61 Å². The van der Waals surface area contributed by atoms with Crippen LogP contribution in [0, 0.1) is 0 Å². The molecule has 0 unspecified atom stereocenters. The molecule has 0 rings (SSSR count). The molecule has 0 saturated carbocycles. The summed E-state index contributed by atoms with van der Waals surface area (Å²) in [5, 5.41) is 0. The first kappa shape index (κ1) is 6.14. The van der Waals surface area contributed by atoms with Crippen LogP contribution in [-0.2, 0) is 14.3 Å². The molecule has 0 N–H and O–H groups in total. The molecule has 0 amide bonds. The van der Waals surface area contributed by atoms with Crippen molar-refractivity contribution in [2.24, 2.45) is 0 Å². The summed E-state index contributed by atoms with van der Waals surface area (Å²) < 4.78 is 4.13. The van der Waals surface area contributed by atoms with Gasteiger partial charge in [0.2, 0.25) is 6.29 Å². The summed E-state index contributed by atoms with van der Waals surface area (Å²) in [5.74, 6) is -0.455. The van der Waals surface area contributed by atoms with E-state index in [0.717, 1.165) is 0 Å². The number of rotatable bonds is 2. The van der Waals surface area contributed by atoms with Gasteiger partial charge >= 0.3 is 5.97 Å². The highest BCUT2D eigenvalue weighted by Crippen LogP contribution is 1.68. The summed E-state index contributed by atoms with van der Waals surface area (Å²) in [6.45, 7) is 0.979. The Hall–Kier alpha value is -0.860. The third-order valence-corrected chi connectivity index (χ3v) is 0.334. The van der Waals surface area contributed by atoms with Crippen LogP contribution < -0.4 is 0 Å². The average molecular weight is 101 g/mol. The monoisotopic (exact) mass is 101 g/mol. The third kappa shape index (κ3) is 5.14. The Kier molecular flexibility index (Phi) is 2.92. The van der Waals surface area contributed by atoms with E-state index in [0.29, 0.717) is 0 Å². The highest BCUT2D eigenvalue weighted by Gasteiger charge is 1.86. The number of hydrogen-bond acceptors (Lipinski definition) is 3. The Balaban J connectivity index is 2.97. The van der Waals surface area contributed by atoms with Crippen molar-refractivity contribution in [3.05, 3.63) is 0 Å². The topological polar surface area (TPSA) is 43.4 Å². The fourth-order valence-electron chi connectivity index (χ4n) is 0.131. The second kappa shape index (κ2) is 3.33. The zero-order chi connectivity index (χ0) is 5.70. The SMILES string of the molecule is CC(=O)OC[C]=O. The number of ether oxygens (including phenoxy) is 1. The second-order valence-electron chi connectivity index (χ2n) is 0.925. The predicted molar refractivity (Wildman–Crippen MR) is 22.3 cm³/mol. The summed E-state index contributed by atoms with van der Waals surface area (Å²) in [5.41, 5.74) is 0. The summed E-state index contributed by atoms with van der Waals surface area (Å²) in [4.78, 5) is 19.1. The Morgan fingerprint density at radius 3 is 2.57 bits per heavy atom. The van der Waals surface area contributed by atoms with Gasteiger partial charge in [0.25, 0.3) is 0 Å². The maximum atomic E-state index is 9.80. The van der Waals surface area contributed by atoms with Crippen LogP contribution in [0.25, 0.3) is 0 Å². The molecule has 0 heterocycles. The van der Waals surface area contributed by atoms with Gasteiger partial charge < -0.3 is 4.74 Å². The molecule has 0 bridgehead atoms. The van der Waals surface area contributed by atoms with E-state index < -0.39 is 5.97 Å². The average Bonchev–Trinajstić information content (AvgIpc) is 1.61. The van der Waals surface area contributed by atoms with Crippen molar-refractivity contribution >= 4 is 12.3 Å². The van der Waals surface area contributed by atoms with E-state index in [1.54, 1.807) is 0 Å². The third-order valence-electron chi connectivity index (χ3n) is 0.334. The Labute approximate surface area is 41.3 Å². The molecule has 1 radical (unpaired) electrons. The number of hydrogen-bond donors (Lipinski definition) is 0. The Morgan fingerprint density at radius 2 is 2.43 bits per heavy atom. The number of carbonyl (C=O) groups excluding carboxylic acids is 2. The number of esters is 1. The van der Waals surface area contributed by atoms with Crippen molar-refractivity contribution in [3.8, 4) is 0 Å². The van der Waals surface area contributed by atoms with Crippen LogP contribution in [0.1, 0.15) is 6.92 Å². The minimum absolute atomic E-state index is 0.255. The van der Waals surface area contributed by atoms with Gasteiger partial charge in [0.05, 0.1) is 0 Å². The van der Waals surface area contributed by atoms with Crippen LogP contribution in [0.3, 0.4) is 0 Å². The van der Waals surface area contributed by atoms with Crippen LogP contribution >= 0.6 is 0 Å². The molecule has 0 aromatic rings. The zero-order valence-electron chi connectivity index (χ0n) is 3.93. The highest BCUT2D eigenvalue weighted by atomic mass is 16.5. The molecule has 0 aliphatic carbocycles. The van der Waals surface area contributed by atoms with Gasteiger partial charge in [0.1, 0.15) is 0 Å².